The highest BCUT2D eigenvalue weighted by Gasteiger charge is 2.22. The monoisotopic (exact) mass is 337 g/mol. The van der Waals surface area contributed by atoms with Gasteiger partial charge in [-0.05, 0) is 37.8 Å². The van der Waals surface area contributed by atoms with Gasteiger partial charge in [0.15, 0.2) is 0 Å². The van der Waals surface area contributed by atoms with E-state index in [1.165, 1.54) is 11.3 Å². The summed E-state index contributed by atoms with van der Waals surface area (Å²) >= 11 is 1.53. The summed E-state index contributed by atoms with van der Waals surface area (Å²) in [5.74, 6) is 0.590. The van der Waals surface area contributed by atoms with Crippen LogP contribution in [-0.2, 0) is 4.79 Å². The number of hydrogen-bond acceptors (Lipinski definition) is 4. The Bertz CT molecular complexity index is 534. The smallest absolute Gasteiger partial charge is 0.261 e. The Morgan fingerprint density at radius 1 is 1.30 bits per heavy atom. The Labute approximate surface area is 142 Å². The molecule has 1 aliphatic heterocycles. The molecule has 23 heavy (non-hydrogen) atoms. The zero-order valence-corrected chi connectivity index (χ0v) is 15.0. The first-order chi connectivity index (χ1) is 10.9. The van der Waals surface area contributed by atoms with E-state index in [4.69, 9.17) is 0 Å². The molecule has 0 aromatic carbocycles. The molecule has 1 saturated heterocycles. The number of likely N-dealkylation sites (tertiary alicyclic amines) is 1. The summed E-state index contributed by atoms with van der Waals surface area (Å²) in [6.45, 7) is 9.06. The van der Waals surface area contributed by atoms with Crippen LogP contribution in [0.25, 0.3) is 0 Å². The maximum absolute atomic E-state index is 12.2. The van der Waals surface area contributed by atoms with Gasteiger partial charge in [-0.3, -0.25) is 14.5 Å². The second kappa shape index (κ2) is 8.45. The highest BCUT2D eigenvalue weighted by molar-refractivity contribution is 7.13. The van der Waals surface area contributed by atoms with Crippen molar-refractivity contribution in [3.63, 3.8) is 0 Å². The van der Waals surface area contributed by atoms with E-state index in [9.17, 15) is 9.59 Å². The van der Waals surface area contributed by atoms with Crippen LogP contribution in [-0.4, -0.2) is 48.9 Å². The highest BCUT2D eigenvalue weighted by Crippen LogP contribution is 2.16. The van der Waals surface area contributed by atoms with Crippen molar-refractivity contribution in [2.45, 2.75) is 39.7 Å². The minimum atomic E-state index is 0.0243. The van der Waals surface area contributed by atoms with Crippen LogP contribution in [0.15, 0.2) is 12.1 Å². The number of aryl methyl sites for hydroxylation is 1. The Morgan fingerprint density at radius 2 is 2.00 bits per heavy atom. The molecular formula is C17H27N3O2S. The number of rotatable bonds is 6. The predicted molar refractivity (Wildman–Crippen MR) is 93.8 cm³/mol. The lowest BCUT2D eigenvalue weighted by Gasteiger charge is -2.31. The quantitative estimate of drug-likeness (QED) is 0.835. The Morgan fingerprint density at radius 3 is 2.57 bits per heavy atom. The molecule has 6 heteroatoms. The van der Waals surface area contributed by atoms with Gasteiger partial charge in [0, 0.05) is 30.6 Å². The van der Waals surface area contributed by atoms with Gasteiger partial charge in [-0.2, -0.15) is 0 Å². The zero-order valence-electron chi connectivity index (χ0n) is 14.2. The standard InChI is InChI=1S/C17H27N3O2S/c1-12(2)10-18-16(21)11-20-8-6-14(7-9-20)19-17(22)15-5-4-13(3)23-15/h4-5,12,14H,6-11H2,1-3H3,(H,18,21)(H,19,22). The topological polar surface area (TPSA) is 61.4 Å². The highest BCUT2D eigenvalue weighted by atomic mass is 32.1. The second-order valence-corrected chi connectivity index (χ2v) is 7.92. The third-order valence-electron chi connectivity index (χ3n) is 3.96. The maximum atomic E-state index is 12.2. The molecule has 2 N–H and O–H groups in total. The van der Waals surface area contributed by atoms with E-state index >= 15 is 0 Å². The molecular weight excluding hydrogens is 310 g/mol. The van der Waals surface area contributed by atoms with E-state index in [2.05, 4.69) is 29.4 Å². The summed E-state index contributed by atoms with van der Waals surface area (Å²) in [5, 5.41) is 6.05. The first-order valence-corrected chi connectivity index (χ1v) is 9.12. The number of piperidine rings is 1. The third-order valence-corrected chi connectivity index (χ3v) is 4.96. The molecule has 2 amide bonds. The number of amides is 2. The van der Waals surface area contributed by atoms with Gasteiger partial charge in [0.25, 0.3) is 5.91 Å². The van der Waals surface area contributed by atoms with Crippen LogP contribution in [0.2, 0.25) is 0 Å². The van der Waals surface area contributed by atoms with Crippen molar-refractivity contribution >= 4 is 23.2 Å². The van der Waals surface area contributed by atoms with Crippen molar-refractivity contribution in [2.24, 2.45) is 5.92 Å². The van der Waals surface area contributed by atoms with Crippen molar-refractivity contribution < 1.29 is 9.59 Å². The number of carbonyl (C=O) groups is 2. The fraction of sp³-hybridized carbons (Fsp3) is 0.647. The van der Waals surface area contributed by atoms with Crippen LogP contribution in [0, 0.1) is 12.8 Å². The van der Waals surface area contributed by atoms with Crippen molar-refractivity contribution in [1.82, 2.24) is 15.5 Å². The molecule has 1 aromatic rings. The van der Waals surface area contributed by atoms with E-state index < -0.39 is 0 Å². The number of nitrogens with zero attached hydrogens (tertiary/aromatic N) is 1. The fourth-order valence-corrected chi connectivity index (χ4v) is 3.40. The Balaban J connectivity index is 1.69. The molecule has 128 valence electrons. The van der Waals surface area contributed by atoms with Gasteiger partial charge < -0.3 is 10.6 Å². The van der Waals surface area contributed by atoms with E-state index in [1.54, 1.807) is 0 Å². The minimum Gasteiger partial charge on any atom is -0.355 e. The molecule has 1 aromatic heterocycles. The maximum Gasteiger partial charge on any atom is 0.261 e. The molecule has 0 saturated carbocycles. The van der Waals surface area contributed by atoms with Crippen molar-refractivity contribution in [2.75, 3.05) is 26.2 Å². The van der Waals surface area contributed by atoms with Crippen LogP contribution >= 0.6 is 11.3 Å². The summed E-state index contributed by atoms with van der Waals surface area (Å²) in [5.41, 5.74) is 0. The summed E-state index contributed by atoms with van der Waals surface area (Å²) < 4.78 is 0. The second-order valence-electron chi connectivity index (χ2n) is 6.63. The molecule has 5 nitrogen and oxygen atoms in total. The van der Waals surface area contributed by atoms with Gasteiger partial charge in [0.1, 0.15) is 0 Å². The molecule has 0 radical (unpaired) electrons. The molecule has 0 bridgehead atoms. The molecule has 0 atom stereocenters. The summed E-state index contributed by atoms with van der Waals surface area (Å²) in [6.07, 6.45) is 1.79. The summed E-state index contributed by atoms with van der Waals surface area (Å²) in [6, 6.07) is 4.06. The number of carbonyl (C=O) groups excluding carboxylic acids is 2. The van der Waals surface area contributed by atoms with Crippen LogP contribution in [0.3, 0.4) is 0 Å². The van der Waals surface area contributed by atoms with Gasteiger partial charge in [0.2, 0.25) is 5.91 Å². The summed E-state index contributed by atoms with van der Waals surface area (Å²) in [7, 11) is 0. The largest absolute Gasteiger partial charge is 0.355 e. The molecule has 2 heterocycles. The van der Waals surface area contributed by atoms with Gasteiger partial charge in [-0.1, -0.05) is 13.8 Å². The van der Waals surface area contributed by atoms with Crippen LogP contribution in [0.5, 0.6) is 0 Å². The first kappa shape index (κ1) is 17.9. The van der Waals surface area contributed by atoms with Crippen molar-refractivity contribution in [1.29, 1.82) is 0 Å². The molecule has 1 aliphatic rings. The number of nitrogens with one attached hydrogen (secondary N) is 2. The van der Waals surface area contributed by atoms with Crippen LogP contribution in [0.4, 0.5) is 0 Å². The lowest BCUT2D eigenvalue weighted by Crippen LogP contribution is -2.47. The van der Waals surface area contributed by atoms with Gasteiger partial charge in [-0.25, -0.2) is 0 Å². The van der Waals surface area contributed by atoms with Crippen molar-refractivity contribution in [3.05, 3.63) is 21.9 Å². The van der Waals surface area contributed by atoms with Gasteiger partial charge >= 0.3 is 0 Å². The zero-order chi connectivity index (χ0) is 16.8. The number of thiophene rings is 1. The normalized spacial score (nSPS) is 16.5. The lowest BCUT2D eigenvalue weighted by molar-refractivity contribution is -0.122. The van der Waals surface area contributed by atoms with E-state index in [1.807, 2.05) is 19.1 Å². The molecule has 0 unspecified atom stereocenters. The average molecular weight is 337 g/mol. The molecule has 2 rings (SSSR count). The summed E-state index contributed by atoms with van der Waals surface area (Å²) in [4.78, 5) is 28.1. The average Bonchev–Trinajstić information content (AvgIpc) is 2.94. The van der Waals surface area contributed by atoms with E-state index in [0.717, 1.165) is 42.2 Å². The molecule has 0 spiro atoms. The third kappa shape index (κ3) is 5.95. The Hall–Kier alpha value is -1.40. The van der Waals surface area contributed by atoms with E-state index in [-0.39, 0.29) is 17.9 Å². The fourth-order valence-electron chi connectivity index (χ4n) is 2.63. The minimum absolute atomic E-state index is 0.0243. The van der Waals surface area contributed by atoms with Gasteiger partial charge in [-0.15, -0.1) is 11.3 Å². The van der Waals surface area contributed by atoms with Crippen LogP contribution < -0.4 is 10.6 Å². The Kier molecular flexibility index (Phi) is 6.59. The SMILES string of the molecule is Cc1ccc(C(=O)NC2CCN(CC(=O)NCC(C)C)CC2)s1. The lowest BCUT2D eigenvalue weighted by atomic mass is 10.0. The predicted octanol–water partition coefficient (Wildman–Crippen LogP) is 2.02. The van der Waals surface area contributed by atoms with E-state index in [0.29, 0.717) is 12.5 Å². The van der Waals surface area contributed by atoms with Crippen molar-refractivity contribution in [3.8, 4) is 0 Å². The van der Waals surface area contributed by atoms with Crippen LogP contribution in [0.1, 0.15) is 41.2 Å². The molecule has 0 aliphatic carbocycles. The van der Waals surface area contributed by atoms with Gasteiger partial charge in [0.05, 0.1) is 11.4 Å². The first-order valence-electron chi connectivity index (χ1n) is 8.30. The number of hydrogen-bond donors (Lipinski definition) is 2. The molecule has 1 fully saturated rings.